The highest BCUT2D eigenvalue weighted by molar-refractivity contribution is 5.97. The van der Waals surface area contributed by atoms with E-state index in [-0.39, 0.29) is 29.9 Å². The van der Waals surface area contributed by atoms with Gasteiger partial charge in [-0.05, 0) is 38.5 Å². The number of hydrogen-bond acceptors (Lipinski definition) is 5. The molecule has 0 aromatic carbocycles. The van der Waals surface area contributed by atoms with Crippen molar-refractivity contribution in [2.75, 3.05) is 6.54 Å². The normalized spacial score (nSPS) is 25.6. The van der Waals surface area contributed by atoms with Gasteiger partial charge in [-0.25, -0.2) is 0 Å². The number of nitrogens with zero attached hydrogens (tertiary/aromatic N) is 2. The van der Waals surface area contributed by atoms with E-state index in [1.165, 1.54) is 0 Å². The molecule has 2 rings (SSSR count). The lowest BCUT2D eigenvalue weighted by Crippen LogP contribution is -2.29. The molecule has 0 aliphatic heterocycles. The van der Waals surface area contributed by atoms with Crippen LogP contribution in [0.3, 0.4) is 0 Å². The number of carbonyl (C=O) groups excluding carboxylic acids is 2. The van der Waals surface area contributed by atoms with Crippen molar-refractivity contribution in [2.24, 2.45) is 27.8 Å². The van der Waals surface area contributed by atoms with Crippen molar-refractivity contribution in [1.82, 2.24) is 0 Å². The zero-order valence-corrected chi connectivity index (χ0v) is 15.1. The molecule has 0 saturated heterocycles. The van der Waals surface area contributed by atoms with Crippen LogP contribution in [-0.2, 0) is 9.59 Å². The molecule has 2 aliphatic carbocycles. The molecule has 0 saturated carbocycles. The third-order valence-electron chi connectivity index (χ3n) is 4.97. The Bertz CT molecular complexity index is 685. The Hall–Kier alpha value is -2.14. The van der Waals surface area contributed by atoms with Gasteiger partial charge in [-0.2, -0.15) is 10.2 Å². The van der Waals surface area contributed by atoms with Crippen LogP contribution in [0.1, 0.15) is 39.5 Å². The summed E-state index contributed by atoms with van der Waals surface area (Å²) >= 11 is 0. The SMILES string of the molecule is C=C(C)C1CC=C(CN=NC(N)C2=CCC(C(=C)C)CC2=O)C(=O)C1. The zero-order valence-electron chi connectivity index (χ0n) is 15.1. The standard InChI is InChI=1S/C20H27N3O2/c1-12(2)14-5-6-16(18(24)9-14)11-22-23-20(21)17-8-7-15(13(3)4)10-19(17)25/h6,8,14-15,20H,1,3,5,7,9-11,21H2,2,4H3. The van der Waals surface area contributed by atoms with E-state index in [0.717, 1.165) is 24.0 Å². The minimum Gasteiger partial charge on any atom is -0.304 e. The molecule has 134 valence electrons. The summed E-state index contributed by atoms with van der Waals surface area (Å²) in [5.74, 6) is 0.500. The molecule has 3 unspecified atom stereocenters. The molecule has 0 aromatic rings. The molecule has 5 nitrogen and oxygen atoms in total. The van der Waals surface area contributed by atoms with Crippen LogP contribution in [0.4, 0.5) is 0 Å². The second-order valence-electron chi connectivity index (χ2n) is 7.06. The molecule has 5 heteroatoms. The van der Waals surface area contributed by atoms with E-state index < -0.39 is 6.17 Å². The number of carbonyl (C=O) groups is 2. The minimum atomic E-state index is -0.763. The van der Waals surface area contributed by atoms with Crippen molar-refractivity contribution in [3.8, 4) is 0 Å². The van der Waals surface area contributed by atoms with E-state index in [1.807, 2.05) is 26.0 Å². The molecule has 2 N–H and O–H groups in total. The lowest BCUT2D eigenvalue weighted by atomic mass is 9.84. The van der Waals surface area contributed by atoms with Crippen LogP contribution in [0.15, 0.2) is 57.8 Å². The Kier molecular flexibility index (Phi) is 6.37. The van der Waals surface area contributed by atoms with E-state index in [9.17, 15) is 9.59 Å². The number of hydrogen-bond donors (Lipinski definition) is 1. The molecule has 3 atom stereocenters. The summed E-state index contributed by atoms with van der Waals surface area (Å²) in [5.41, 5.74) is 9.20. The van der Waals surface area contributed by atoms with Gasteiger partial charge in [0.15, 0.2) is 11.6 Å². The summed E-state index contributed by atoms with van der Waals surface area (Å²) in [4.78, 5) is 24.3. The van der Waals surface area contributed by atoms with Crippen molar-refractivity contribution in [3.63, 3.8) is 0 Å². The summed E-state index contributed by atoms with van der Waals surface area (Å²) in [6.45, 7) is 11.9. The fraction of sp³-hybridized carbons (Fsp3) is 0.500. The largest absolute Gasteiger partial charge is 0.304 e. The van der Waals surface area contributed by atoms with Crippen molar-refractivity contribution >= 4 is 11.6 Å². The van der Waals surface area contributed by atoms with Crippen molar-refractivity contribution in [3.05, 3.63) is 47.6 Å². The maximum atomic E-state index is 12.2. The Labute approximate surface area is 149 Å². The van der Waals surface area contributed by atoms with Crippen LogP contribution in [0.5, 0.6) is 0 Å². The second-order valence-corrected chi connectivity index (χ2v) is 7.06. The van der Waals surface area contributed by atoms with Gasteiger partial charge in [0.05, 0.1) is 6.54 Å². The van der Waals surface area contributed by atoms with Gasteiger partial charge in [0.25, 0.3) is 0 Å². The fourth-order valence-electron chi connectivity index (χ4n) is 3.10. The van der Waals surface area contributed by atoms with Gasteiger partial charge in [0, 0.05) is 24.0 Å². The molecule has 25 heavy (non-hydrogen) atoms. The first-order valence-electron chi connectivity index (χ1n) is 8.68. The lowest BCUT2D eigenvalue weighted by Gasteiger charge is -2.22. The molecule has 0 bridgehead atoms. The predicted octanol–water partition coefficient (Wildman–Crippen LogP) is 3.69. The highest BCUT2D eigenvalue weighted by atomic mass is 16.1. The molecule has 0 aromatic heterocycles. The van der Waals surface area contributed by atoms with Crippen molar-refractivity contribution < 1.29 is 9.59 Å². The van der Waals surface area contributed by atoms with Crippen LogP contribution in [0, 0.1) is 11.8 Å². The first-order chi connectivity index (χ1) is 11.8. The van der Waals surface area contributed by atoms with Crippen LogP contribution >= 0.6 is 0 Å². The van der Waals surface area contributed by atoms with Gasteiger partial charge < -0.3 is 5.73 Å². The van der Waals surface area contributed by atoms with Crippen LogP contribution in [-0.4, -0.2) is 24.3 Å². The molecule has 0 heterocycles. The number of Topliss-reactive ketones (excluding diaryl/α,β-unsaturated/α-hetero) is 2. The summed E-state index contributed by atoms with van der Waals surface area (Å²) in [6.07, 6.45) is 5.47. The molecule has 0 fully saturated rings. The monoisotopic (exact) mass is 341 g/mol. The summed E-state index contributed by atoms with van der Waals surface area (Å²) in [5, 5.41) is 8.09. The third-order valence-corrected chi connectivity index (χ3v) is 4.97. The van der Waals surface area contributed by atoms with E-state index in [2.05, 4.69) is 23.4 Å². The number of ketones is 2. The molecular formula is C20H27N3O2. The molecule has 0 spiro atoms. The molecule has 0 amide bonds. The van der Waals surface area contributed by atoms with E-state index >= 15 is 0 Å². The third kappa shape index (κ3) is 4.92. The predicted molar refractivity (Wildman–Crippen MR) is 99.0 cm³/mol. The number of rotatable bonds is 6. The van der Waals surface area contributed by atoms with Crippen LogP contribution in [0.2, 0.25) is 0 Å². The van der Waals surface area contributed by atoms with Gasteiger partial charge in [-0.1, -0.05) is 36.5 Å². The highest BCUT2D eigenvalue weighted by Gasteiger charge is 2.26. The molecule has 2 aliphatic rings. The first kappa shape index (κ1) is 19.2. The minimum absolute atomic E-state index is 0.00274. The topological polar surface area (TPSA) is 84.9 Å². The van der Waals surface area contributed by atoms with Crippen LogP contribution < -0.4 is 5.73 Å². The van der Waals surface area contributed by atoms with Gasteiger partial charge in [0.2, 0.25) is 0 Å². The summed E-state index contributed by atoms with van der Waals surface area (Å²) < 4.78 is 0. The maximum absolute atomic E-state index is 12.2. The Morgan fingerprint density at radius 3 is 2.20 bits per heavy atom. The smallest absolute Gasteiger partial charge is 0.162 e. The van der Waals surface area contributed by atoms with E-state index in [4.69, 9.17) is 5.73 Å². The Balaban J connectivity index is 1.94. The quantitative estimate of drug-likeness (QED) is 0.590. The maximum Gasteiger partial charge on any atom is 0.162 e. The van der Waals surface area contributed by atoms with Gasteiger partial charge in [-0.3, -0.25) is 9.59 Å². The van der Waals surface area contributed by atoms with Gasteiger partial charge >= 0.3 is 0 Å². The van der Waals surface area contributed by atoms with Gasteiger partial charge in [0.1, 0.15) is 6.17 Å². The lowest BCUT2D eigenvalue weighted by molar-refractivity contribution is -0.117. The van der Waals surface area contributed by atoms with E-state index in [1.54, 1.807) is 0 Å². The zero-order chi connectivity index (χ0) is 18.6. The van der Waals surface area contributed by atoms with Crippen molar-refractivity contribution in [1.29, 1.82) is 0 Å². The average Bonchev–Trinajstić information content (AvgIpc) is 2.55. The first-order valence-corrected chi connectivity index (χ1v) is 8.68. The highest BCUT2D eigenvalue weighted by Crippen LogP contribution is 2.28. The summed E-state index contributed by atoms with van der Waals surface area (Å²) in [7, 11) is 0. The van der Waals surface area contributed by atoms with Crippen LogP contribution in [0.25, 0.3) is 0 Å². The number of allylic oxidation sites excluding steroid dienone is 4. The Morgan fingerprint density at radius 2 is 1.68 bits per heavy atom. The average molecular weight is 341 g/mol. The Morgan fingerprint density at radius 1 is 1.12 bits per heavy atom. The van der Waals surface area contributed by atoms with E-state index in [0.29, 0.717) is 24.0 Å². The van der Waals surface area contributed by atoms with Crippen molar-refractivity contribution in [2.45, 2.75) is 45.7 Å². The second kappa shape index (κ2) is 8.30. The summed E-state index contributed by atoms with van der Waals surface area (Å²) in [6, 6.07) is 0. The fourth-order valence-corrected chi connectivity index (χ4v) is 3.10. The molecular weight excluding hydrogens is 314 g/mol. The molecule has 0 radical (unpaired) electrons. The van der Waals surface area contributed by atoms with Gasteiger partial charge in [-0.15, -0.1) is 0 Å². The number of azo groups is 1. The number of nitrogens with two attached hydrogens (primary N) is 1.